The first-order valence-electron chi connectivity index (χ1n) is 7.00. The summed E-state index contributed by atoms with van der Waals surface area (Å²) in [5, 5.41) is 19.8. The zero-order valence-corrected chi connectivity index (χ0v) is 14.4. The van der Waals surface area contributed by atoms with E-state index in [-0.39, 0.29) is 11.3 Å². The Kier molecular flexibility index (Phi) is 5.80. The highest BCUT2D eigenvalue weighted by molar-refractivity contribution is 7.89. The highest BCUT2D eigenvalue weighted by Gasteiger charge is 2.39. The van der Waals surface area contributed by atoms with Gasteiger partial charge in [0.05, 0.1) is 16.1 Å². The van der Waals surface area contributed by atoms with Crippen molar-refractivity contribution in [1.29, 1.82) is 0 Å². The summed E-state index contributed by atoms with van der Waals surface area (Å²) in [4.78, 5) is 0.118. The molecule has 0 bridgehead atoms. The van der Waals surface area contributed by atoms with E-state index in [1.165, 1.54) is 12.1 Å². The Hall–Kier alpha value is -0.925. The number of aliphatic hydroxyl groups is 1. The van der Waals surface area contributed by atoms with Gasteiger partial charge in [0, 0.05) is 6.44 Å². The summed E-state index contributed by atoms with van der Waals surface area (Å²) >= 11 is 0. The molecule has 0 aliphatic heterocycles. The standard InChI is InChI=1S/C14H24BNO5S/c1-11-6-8-12(9-7-11)22(19,20)16-10-15(18)21-14(4,5)13(2,3)17/h6-9,16-18H,10H2,1-5H3. The molecule has 0 saturated carbocycles. The van der Waals surface area contributed by atoms with E-state index < -0.39 is 28.3 Å². The first kappa shape index (κ1) is 19.1. The van der Waals surface area contributed by atoms with Crippen LogP contribution in [0.15, 0.2) is 29.2 Å². The third-order valence-electron chi connectivity index (χ3n) is 3.68. The molecule has 1 rings (SSSR count). The van der Waals surface area contributed by atoms with Gasteiger partial charge in [-0.25, -0.2) is 13.1 Å². The lowest BCUT2D eigenvalue weighted by molar-refractivity contribution is -0.0999. The van der Waals surface area contributed by atoms with E-state index in [0.717, 1.165) is 5.56 Å². The number of hydrogen-bond acceptors (Lipinski definition) is 5. The largest absolute Gasteiger partial charge is 0.470 e. The van der Waals surface area contributed by atoms with E-state index in [2.05, 4.69) is 4.72 Å². The first-order chi connectivity index (χ1) is 9.85. The maximum atomic E-state index is 12.1. The maximum Gasteiger partial charge on any atom is 0.470 e. The molecule has 8 heteroatoms. The molecule has 0 atom stereocenters. The van der Waals surface area contributed by atoms with E-state index in [4.69, 9.17) is 4.65 Å². The van der Waals surface area contributed by atoms with Gasteiger partial charge < -0.3 is 14.8 Å². The van der Waals surface area contributed by atoms with Crippen LogP contribution in [0.25, 0.3) is 0 Å². The normalized spacial score (nSPS) is 13.2. The smallest absolute Gasteiger partial charge is 0.426 e. The predicted molar refractivity (Wildman–Crippen MR) is 85.8 cm³/mol. The second-order valence-corrected chi connectivity index (χ2v) is 8.07. The van der Waals surface area contributed by atoms with Crippen LogP contribution < -0.4 is 4.72 Å². The van der Waals surface area contributed by atoms with E-state index in [1.807, 2.05) is 6.92 Å². The number of aryl methyl sites for hydroxylation is 1. The zero-order chi connectivity index (χ0) is 17.2. The molecule has 0 unspecified atom stereocenters. The second-order valence-electron chi connectivity index (χ2n) is 6.31. The van der Waals surface area contributed by atoms with Gasteiger partial charge in [0.25, 0.3) is 0 Å². The molecular formula is C14H24BNO5S. The molecule has 0 spiro atoms. The van der Waals surface area contributed by atoms with Crippen LogP contribution in [0.3, 0.4) is 0 Å². The highest BCUT2D eigenvalue weighted by atomic mass is 32.2. The van der Waals surface area contributed by atoms with Gasteiger partial charge in [-0.3, -0.25) is 0 Å². The molecule has 1 aromatic carbocycles. The maximum absolute atomic E-state index is 12.1. The molecule has 22 heavy (non-hydrogen) atoms. The van der Waals surface area contributed by atoms with Crippen molar-refractivity contribution < 1.29 is 23.2 Å². The van der Waals surface area contributed by atoms with Crippen LogP contribution in [0.5, 0.6) is 0 Å². The average Bonchev–Trinajstić information content (AvgIpc) is 2.35. The van der Waals surface area contributed by atoms with E-state index >= 15 is 0 Å². The van der Waals surface area contributed by atoms with Crippen LogP contribution in [0.2, 0.25) is 0 Å². The lowest BCUT2D eigenvalue weighted by Crippen LogP contribution is -2.52. The van der Waals surface area contributed by atoms with Crippen molar-refractivity contribution in [3.8, 4) is 0 Å². The van der Waals surface area contributed by atoms with Gasteiger partial charge in [-0.05, 0) is 46.8 Å². The molecule has 0 aromatic heterocycles. The van der Waals surface area contributed by atoms with Crippen molar-refractivity contribution in [3.05, 3.63) is 29.8 Å². The van der Waals surface area contributed by atoms with E-state index in [9.17, 15) is 18.5 Å². The summed E-state index contributed by atoms with van der Waals surface area (Å²) in [7, 11) is -5.09. The predicted octanol–water partition coefficient (Wildman–Crippen LogP) is 0.859. The van der Waals surface area contributed by atoms with Crippen LogP contribution in [0, 0.1) is 6.92 Å². The molecule has 1 aromatic rings. The Labute approximate surface area is 132 Å². The van der Waals surface area contributed by atoms with Gasteiger partial charge in [-0.1, -0.05) is 17.7 Å². The molecule has 6 nitrogen and oxygen atoms in total. The molecular weight excluding hydrogens is 305 g/mol. The summed E-state index contributed by atoms with van der Waals surface area (Å²) in [6.07, 6.45) is -0.310. The molecule has 0 aliphatic carbocycles. The Bertz CT molecular complexity index is 593. The number of nitrogens with one attached hydrogen (secondary N) is 1. The van der Waals surface area contributed by atoms with Gasteiger partial charge in [-0.2, -0.15) is 0 Å². The number of rotatable bonds is 7. The summed E-state index contributed by atoms with van der Waals surface area (Å²) in [5.41, 5.74) is -1.28. The number of hydrogen-bond donors (Lipinski definition) is 3. The molecule has 0 aliphatic rings. The van der Waals surface area contributed by atoms with Gasteiger partial charge in [-0.15, -0.1) is 0 Å². The fourth-order valence-corrected chi connectivity index (χ4v) is 2.53. The fourth-order valence-electron chi connectivity index (χ4n) is 1.51. The SMILES string of the molecule is Cc1ccc(S(=O)(=O)NCB(O)OC(C)(C)C(C)(C)O)cc1. The van der Waals surface area contributed by atoms with Crippen LogP contribution >= 0.6 is 0 Å². The Morgan fingerprint density at radius 3 is 2.14 bits per heavy atom. The molecule has 0 radical (unpaired) electrons. The minimum absolute atomic E-state index is 0.118. The van der Waals surface area contributed by atoms with Crippen molar-refractivity contribution in [1.82, 2.24) is 4.72 Å². The Morgan fingerprint density at radius 2 is 1.68 bits per heavy atom. The molecule has 0 fully saturated rings. The first-order valence-corrected chi connectivity index (χ1v) is 8.48. The second kappa shape index (κ2) is 6.68. The summed E-state index contributed by atoms with van der Waals surface area (Å²) in [6, 6.07) is 6.37. The summed E-state index contributed by atoms with van der Waals surface area (Å²) < 4.78 is 31.8. The van der Waals surface area contributed by atoms with E-state index in [1.54, 1.807) is 39.8 Å². The van der Waals surface area contributed by atoms with E-state index in [0.29, 0.717) is 0 Å². The zero-order valence-electron chi connectivity index (χ0n) is 13.6. The lowest BCUT2D eigenvalue weighted by atomic mass is 9.83. The van der Waals surface area contributed by atoms with Crippen molar-refractivity contribution in [2.45, 2.75) is 50.7 Å². The molecule has 124 valence electrons. The molecule has 0 amide bonds. The Morgan fingerprint density at radius 1 is 1.18 bits per heavy atom. The molecule has 0 saturated heterocycles. The lowest BCUT2D eigenvalue weighted by Gasteiger charge is -2.38. The van der Waals surface area contributed by atoms with Gasteiger partial charge in [0.1, 0.15) is 0 Å². The van der Waals surface area contributed by atoms with Crippen molar-refractivity contribution in [3.63, 3.8) is 0 Å². The molecule has 0 heterocycles. The van der Waals surface area contributed by atoms with Crippen LogP contribution in [0.4, 0.5) is 0 Å². The highest BCUT2D eigenvalue weighted by Crippen LogP contribution is 2.25. The van der Waals surface area contributed by atoms with Crippen molar-refractivity contribution in [2.24, 2.45) is 0 Å². The minimum Gasteiger partial charge on any atom is -0.426 e. The van der Waals surface area contributed by atoms with Crippen LogP contribution in [-0.2, 0) is 14.7 Å². The van der Waals surface area contributed by atoms with Crippen molar-refractivity contribution in [2.75, 3.05) is 6.44 Å². The monoisotopic (exact) mass is 329 g/mol. The van der Waals surface area contributed by atoms with Gasteiger partial charge in [0.15, 0.2) is 0 Å². The topological polar surface area (TPSA) is 95.9 Å². The number of sulfonamides is 1. The van der Waals surface area contributed by atoms with Gasteiger partial charge in [0.2, 0.25) is 10.0 Å². The van der Waals surface area contributed by atoms with Crippen LogP contribution in [0.1, 0.15) is 33.3 Å². The minimum atomic E-state index is -3.72. The number of benzene rings is 1. The van der Waals surface area contributed by atoms with Gasteiger partial charge >= 0.3 is 7.12 Å². The molecule has 3 N–H and O–H groups in total. The quantitative estimate of drug-likeness (QED) is 0.645. The fraction of sp³-hybridized carbons (Fsp3) is 0.571. The van der Waals surface area contributed by atoms with Crippen LogP contribution in [-0.4, -0.2) is 43.3 Å². The third kappa shape index (κ3) is 5.07. The Balaban J connectivity index is 2.67. The average molecular weight is 329 g/mol. The van der Waals surface area contributed by atoms with Crippen molar-refractivity contribution >= 4 is 17.1 Å². The summed E-state index contributed by atoms with van der Waals surface area (Å²) in [6.45, 7) is 8.20. The summed E-state index contributed by atoms with van der Waals surface area (Å²) in [5.74, 6) is 0. The third-order valence-corrected chi connectivity index (χ3v) is 5.12.